The van der Waals surface area contributed by atoms with E-state index in [4.69, 9.17) is 5.11 Å². The van der Waals surface area contributed by atoms with Crippen LogP contribution in [0.15, 0.2) is 0 Å². The van der Waals surface area contributed by atoms with E-state index in [0.29, 0.717) is 13.0 Å². The van der Waals surface area contributed by atoms with Gasteiger partial charge in [-0.05, 0) is 44.8 Å². The second-order valence-corrected chi connectivity index (χ2v) is 5.74. The fraction of sp³-hybridized carbons (Fsp3) is 0.846. The minimum Gasteiger partial charge on any atom is -0.480 e. The van der Waals surface area contributed by atoms with Crippen LogP contribution in [0.3, 0.4) is 0 Å². The highest BCUT2D eigenvalue weighted by Crippen LogP contribution is 2.29. The van der Waals surface area contributed by atoms with E-state index >= 15 is 0 Å². The summed E-state index contributed by atoms with van der Waals surface area (Å²) in [7, 11) is 2.10. The molecule has 1 fully saturated rings. The molecule has 0 aliphatic carbocycles. The standard InChI is InChI=1S/C13H25N3O3/c1-4-10(11(17)18)15-12(19)14-9-13(2)5-7-16(3)8-6-13/h10H,4-9H2,1-3H3,(H,17,18)(H2,14,15,19). The molecule has 0 aromatic rings. The van der Waals surface area contributed by atoms with Crippen molar-refractivity contribution in [3.05, 3.63) is 0 Å². The second kappa shape index (κ2) is 6.75. The Kier molecular flexibility index (Phi) is 5.60. The number of rotatable bonds is 5. The average Bonchev–Trinajstić information content (AvgIpc) is 2.37. The van der Waals surface area contributed by atoms with E-state index in [2.05, 4.69) is 29.5 Å². The van der Waals surface area contributed by atoms with E-state index in [9.17, 15) is 9.59 Å². The SMILES string of the molecule is CCC(NC(=O)NCC1(C)CCN(C)CC1)C(=O)O. The Morgan fingerprint density at radius 1 is 1.37 bits per heavy atom. The van der Waals surface area contributed by atoms with Crippen LogP contribution in [0.4, 0.5) is 4.79 Å². The van der Waals surface area contributed by atoms with E-state index in [0.717, 1.165) is 25.9 Å². The number of nitrogens with zero attached hydrogens (tertiary/aromatic N) is 1. The monoisotopic (exact) mass is 271 g/mol. The zero-order valence-electron chi connectivity index (χ0n) is 12.0. The van der Waals surface area contributed by atoms with Crippen LogP contribution >= 0.6 is 0 Å². The Bertz CT molecular complexity index is 325. The maximum atomic E-state index is 11.7. The zero-order valence-corrected chi connectivity index (χ0v) is 12.0. The molecule has 19 heavy (non-hydrogen) atoms. The second-order valence-electron chi connectivity index (χ2n) is 5.74. The van der Waals surface area contributed by atoms with Crippen molar-refractivity contribution in [1.29, 1.82) is 0 Å². The minimum absolute atomic E-state index is 0.106. The molecule has 0 saturated carbocycles. The third-order valence-corrected chi connectivity index (χ3v) is 3.88. The van der Waals surface area contributed by atoms with Crippen molar-refractivity contribution in [2.45, 2.75) is 39.2 Å². The summed E-state index contributed by atoms with van der Waals surface area (Å²) in [5.41, 5.74) is 0.106. The summed E-state index contributed by atoms with van der Waals surface area (Å²) >= 11 is 0. The van der Waals surface area contributed by atoms with Gasteiger partial charge in [-0.2, -0.15) is 0 Å². The molecule has 1 heterocycles. The lowest BCUT2D eigenvalue weighted by Gasteiger charge is -2.38. The Hall–Kier alpha value is -1.30. The zero-order chi connectivity index (χ0) is 14.5. The Morgan fingerprint density at radius 2 is 1.95 bits per heavy atom. The molecule has 0 spiro atoms. The first-order chi connectivity index (χ1) is 8.86. The lowest BCUT2D eigenvalue weighted by molar-refractivity contribution is -0.139. The van der Waals surface area contributed by atoms with Gasteiger partial charge in [-0.25, -0.2) is 9.59 Å². The summed E-state index contributed by atoms with van der Waals surface area (Å²) in [6, 6.07) is -1.21. The van der Waals surface area contributed by atoms with Gasteiger partial charge in [0.15, 0.2) is 0 Å². The molecule has 6 nitrogen and oxygen atoms in total. The molecule has 3 N–H and O–H groups in total. The molecule has 1 aliphatic rings. The van der Waals surface area contributed by atoms with E-state index in [-0.39, 0.29) is 5.41 Å². The van der Waals surface area contributed by atoms with Gasteiger partial charge in [-0.3, -0.25) is 0 Å². The van der Waals surface area contributed by atoms with Gasteiger partial charge in [-0.15, -0.1) is 0 Å². The average molecular weight is 271 g/mol. The van der Waals surface area contributed by atoms with E-state index in [1.807, 2.05) is 0 Å². The lowest BCUT2D eigenvalue weighted by atomic mass is 9.80. The number of hydrogen-bond acceptors (Lipinski definition) is 3. The summed E-state index contributed by atoms with van der Waals surface area (Å²) in [6.45, 7) is 6.55. The van der Waals surface area contributed by atoms with Gasteiger partial charge in [-0.1, -0.05) is 13.8 Å². The number of nitrogens with one attached hydrogen (secondary N) is 2. The number of aliphatic carboxylic acids is 1. The first-order valence-corrected chi connectivity index (χ1v) is 6.82. The maximum absolute atomic E-state index is 11.7. The summed E-state index contributed by atoms with van der Waals surface area (Å²) < 4.78 is 0. The van der Waals surface area contributed by atoms with Crippen molar-refractivity contribution >= 4 is 12.0 Å². The Labute approximate surface area is 114 Å². The molecular weight excluding hydrogens is 246 g/mol. The van der Waals surface area contributed by atoms with Crippen molar-refractivity contribution in [3.63, 3.8) is 0 Å². The summed E-state index contributed by atoms with van der Waals surface area (Å²) in [6.07, 6.45) is 2.46. The van der Waals surface area contributed by atoms with Gasteiger partial charge >= 0.3 is 12.0 Å². The minimum atomic E-state index is -0.997. The number of carbonyl (C=O) groups excluding carboxylic acids is 1. The van der Waals surface area contributed by atoms with Crippen molar-refractivity contribution < 1.29 is 14.7 Å². The fourth-order valence-corrected chi connectivity index (χ4v) is 2.18. The largest absolute Gasteiger partial charge is 0.480 e. The first kappa shape index (κ1) is 15.8. The van der Waals surface area contributed by atoms with E-state index in [1.54, 1.807) is 6.92 Å². The molecule has 0 radical (unpaired) electrons. The first-order valence-electron chi connectivity index (χ1n) is 6.82. The van der Waals surface area contributed by atoms with Crippen LogP contribution in [0.5, 0.6) is 0 Å². The topological polar surface area (TPSA) is 81.7 Å². The number of carboxylic acids is 1. The molecule has 0 bridgehead atoms. The van der Waals surface area contributed by atoms with Crippen molar-refractivity contribution in [3.8, 4) is 0 Å². The Morgan fingerprint density at radius 3 is 2.42 bits per heavy atom. The van der Waals surface area contributed by atoms with Crippen LogP contribution < -0.4 is 10.6 Å². The van der Waals surface area contributed by atoms with Gasteiger partial charge in [0.05, 0.1) is 0 Å². The number of carbonyl (C=O) groups is 2. The molecule has 1 atom stereocenters. The number of amides is 2. The van der Waals surface area contributed by atoms with E-state index < -0.39 is 18.0 Å². The quantitative estimate of drug-likeness (QED) is 0.693. The smallest absolute Gasteiger partial charge is 0.326 e. The summed E-state index contributed by atoms with van der Waals surface area (Å²) in [5.74, 6) is -0.997. The highest BCUT2D eigenvalue weighted by atomic mass is 16.4. The number of piperidine rings is 1. The van der Waals surface area contributed by atoms with Crippen LogP contribution in [0, 0.1) is 5.41 Å². The summed E-state index contributed by atoms with van der Waals surface area (Å²) in [4.78, 5) is 24.8. The molecule has 0 aromatic heterocycles. The fourth-order valence-electron chi connectivity index (χ4n) is 2.18. The van der Waals surface area contributed by atoms with Crippen molar-refractivity contribution in [2.75, 3.05) is 26.7 Å². The Balaban J connectivity index is 2.35. The van der Waals surface area contributed by atoms with Crippen LogP contribution in [0.25, 0.3) is 0 Å². The molecule has 1 unspecified atom stereocenters. The molecule has 0 aromatic carbocycles. The predicted molar refractivity (Wildman–Crippen MR) is 73.1 cm³/mol. The van der Waals surface area contributed by atoms with Crippen molar-refractivity contribution in [2.24, 2.45) is 5.41 Å². The van der Waals surface area contributed by atoms with Gasteiger partial charge in [0.1, 0.15) is 6.04 Å². The van der Waals surface area contributed by atoms with Gasteiger partial charge in [0.2, 0.25) is 0 Å². The molecule has 1 saturated heterocycles. The molecule has 1 aliphatic heterocycles. The van der Waals surface area contributed by atoms with Crippen LogP contribution in [0.2, 0.25) is 0 Å². The van der Waals surface area contributed by atoms with Gasteiger partial charge < -0.3 is 20.6 Å². The number of likely N-dealkylation sites (tertiary alicyclic amines) is 1. The number of hydrogen-bond donors (Lipinski definition) is 3. The molecule has 1 rings (SSSR count). The van der Waals surface area contributed by atoms with Crippen LogP contribution in [0.1, 0.15) is 33.1 Å². The maximum Gasteiger partial charge on any atom is 0.326 e. The molecule has 2 amide bonds. The molecular formula is C13H25N3O3. The van der Waals surface area contributed by atoms with Crippen LogP contribution in [-0.4, -0.2) is 54.7 Å². The third-order valence-electron chi connectivity index (χ3n) is 3.88. The van der Waals surface area contributed by atoms with Crippen LogP contribution in [-0.2, 0) is 4.79 Å². The lowest BCUT2D eigenvalue weighted by Crippen LogP contribution is -2.49. The van der Waals surface area contributed by atoms with Gasteiger partial charge in [0, 0.05) is 6.54 Å². The van der Waals surface area contributed by atoms with E-state index in [1.165, 1.54) is 0 Å². The van der Waals surface area contributed by atoms with Gasteiger partial charge in [0.25, 0.3) is 0 Å². The third kappa shape index (κ3) is 5.06. The number of carboxylic acid groups (broad SMARTS) is 1. The summed E-state index contributed by atoms with van der Waals surface area (Å²) in [5, 5.41) is 14.1. The molecule has 110 valence electrons. The van der Waals surface area contributed by atoms with Crippen molar-refractivity contribution in [1.82, 2.24) is 15.5 Å². The number of urea groups is 1. The molecule has 6 heteroatoms. The predicted octanol–water partition coefficient (Wildman–Crippen LogP) is 0.881. The highest BCUT2D eigenvalue weighted by molar-refractivity contribution is 5.82. The highest BCUT2D eigenvalue weighted by Gasteiger charge is 2.29. The normalized spacial score (nSPS) is 20.6.